The first-order chi connectivity index (χ1) is 13.9. The second-order valence-corrected chi connectivity index (χ2v) is 7.55. The van der Waals surface area contributed by atoms with Gasteiger partial charge in [0, 0.05) is 35.6 Å². The number of rotatable bonds is 5. The molecular formula is C20H21N5O3S. The van der Waals surface area contributed by atoms with E-state index in [-0.39, 0.29) is 5.88 Å². The van der Waals surface area contributed by atoms with Gasteiger partial charge in [0.05, 0.1) is 31.1 Å². The number of aromatic nitrogens is 5. The minimum absolute atomic E-state index is 0.274. The van der Waals surface area contributed by atoms with Crippen LogP contribution in [0.2, 0.25) is 0 Å². The number of nitrogens with zero attached hydrogens (tertiary/aromatic N) is 5. The van der Waals surface area contributed by atoms with Crippen LogP contribution in [0.4, 0.5) is 0 Å². The van der Waals surface area contributed by atoms with Crippen molar-refractivity contribution in [2.75, 3.05) is 13.7 Å². The van der Waals surface area contributed by atoms with Crippen molar-refractivity contribution in [1.29, 1.82) is 0 Å². The van der Waals surface area contributed by atoms with Gasteiger partial charge in [-0.3, -0.25) is 4.68 Å². The molecule has 0 aliphatic heterocycles. The van der Waals surface area contributed by atoms with Gasteiger partial charge in [-0.25, -0.2) is 14.3 Å². The summed E-state index contributed by atoms with van der Waals surface area (Å²) < 4.78 is 14.1. The molecule has 8 nitrogen and oxygen atoms in total. The summed E-state index contributed by atoms with van der Waals surface area (Å²) in [5, 5.41) is 9.67. The zero-order valence-corrected chi connectivity index (χ0v) is 17.7. The highest BCUT2D eigenvalue weighted by atomic mass is 32.1. The third-order valence-corrected chi connectivity index (χ3v) is 5.86. The number of pyridine rings is 1. The Labute approximate surface area is 171 Å². The minimum Gasteiger partial charge on any atom is -0.480 e. The number of esters is 1. The highest BCUT2D eigenvalue weighted by molar-refractivity contribution is 7.17. The first-order valence-electron chi connectivity index (χ1n) is 9.14. The fourth-order valence-corrected chi connectivity index (χ4v) is 4.29. The third-order valence-electron chi connectivity index (χ3n) is 4.80. The molecule has 0 aliphatic rings. The van der Waals surface area contributed by atoms with E-state index in [9.17, 15) is 4.79 Å². The largest absolute Gasteiger partial charge is 0.480 e. The van der Waals surface area contributed by atoms with E-state index in [4.69, 9.17) is 9.47 Å². The number of methoxy groups -OCH3 is 1. The predicted molar refractivity (Wildman–Crippen MR) is 110 cm³/mol. The highest BCUT2D eigenvalue weighted by Gasteiger charge is 2.22. The second-order valence-electron chi connectivity index (χ2n) is 6.55. The van der Waals surface area contributed by atoms with E-state index in [1.54, 1.807) is 6.92 Å². The maximum atomic E-state index is 12.2. The van der Waals surface area contributed by atoms with Crippen LogP contribution in [0, 0.1) is 13.8 Å². The van der Waals surface area contributed by atoms with E-state index >= 15 is 0 Å². The maximum absolute atomic E-state index is 12.2. The summed E-state index contributed by atoms with van der Waals surface area (Å²) >= 11 is 1.25. The van der Waals surface area contributed by atoms with Gasteiger partial charge in [0.15, 0.2) is 4.88 Å². The molecule has 0 spiro atoms. The fraction of sp³-hybridized carbons (Fsp3) is 0.300. The van der Waals surface area contributed by atoms with Gasteiger partial charge in [-0.1, -0.05) is 0 Å². The molecule has 0 N–H and O–H groups in total. The van der Waals surface area contributed by atoms with Gasteiger partial charge in [-0.15, -0.1) is 11.3 Å². The SMILES string of the molecule is CCOC(=O)c1sc(-c2ccn3ncc(-c4c(C)nn(C)c4C)c3c2)nc1OC. The predicted octanol–water partition coefficient (Wildman–Crippen LogP) is 3.66. The van der Waals surface area contributed by atoms with Gasteiger partial charge < -0.3 is 9.47 Å². The Kier molecular flexibility index (Phi) is 4.83. The lowest BCUT2D eigenvalue weighted by molar-refractivity contribution is 0.0528. The minimum atomic E-state index is -0.430. The van der Waals surface area contributed by atoms with Crippen LogP contribution in [0.25, 0.3) is 27.2 Å². The number of fused-ring (bicyclic) bond motifs is 1. The number of carbonyl (C=O) groups excluding carboxylic acids is 1. The van der Waals surface area contributed by atoms with Crippen molar-refractivity contribution < 1.29 is 14.3 Å². The average molecular weight is 411 g/mol. The van der Waals surface area contributed by atoms with Crippen molar-refractivity contribution in [2.45, 2.75) is 20.8 Å². The molecule has 9 heteroatoms. The number of ether oxygens (including phenoxy) is 2. The van der Waals surface area contributed by atoms with E-state index < -0.39 is 5.97 Å². The molecule has 4 aromatic rings. The zero-order valence-electron chi connectivity index (χ0n) is 16.9. The van der Waals surface area contributed by atoms with Gasteiger partial charge >= 0.3 is 5.97 Å². The lowest BCUT2D eigenvalue weighted by atomic mass is 10.0. The number of hydrogen-bond acceptors (Lipinski definition) is 7. The molecule has 150 valence electrons. The Bertz CT molecular complexity index is 1220. The lowest BCUT2D eigenvalue weighted by Crippen LogP contribution is -2.04. The summed E-state index contributed by atoms with van der Waals surface area (Å²) in [7, 11) is 3.43. The maximum Gasteiger partial charge on any atom is 0.354 e. The van der Waals surface area contributed by atoms with Crippen LogP contribution >= 0.6 is 11.3 Å². The van der Waals surface area contributed by atoms with Crippen LogP contribution in [0.3, 0.4) is 0 Å². The van der Waals surface area contributed by atoms with Crippen LogP contribution in [0.1, 0.15) is 28.0 Å². The van der Waals surface area contributed by atoms with E-state index in [0.29, 0.717) is 16.5 Å². The molecule has 0 unspecified atom stereocenters. The van der Waals surface area contributed by atoms with Crippen LogP contribution in [0.15, 0.2) is 24.5 Å². The van der Waals surface area contributed by atoms with E-state index in [0.717, 1.165) is 33.6 Å². The number of thiazole rings is 1. The number of carbonyl (C=O) groups is 1. The number of aryl methyl sites for hydroxylation is 2. The quantitative estimate of drug-likeness (QED) is 0.466. The lowest BCUT2D eigenvalue weighted by Gasteiger charge is -2.03. The van der Waals surface area contributed by atoms with Gasteiger partial charge in [0.1, 0.15) is 5.01 Å². The van der Waals surface area contributed by atoms with Crippen molar-refractivity contribution in [1.82, 2.24) is 24.4 Å². The van der Waals surface area contributed by atoms with Crippen molar-refractivity contribution >= 4 is 22.8 Å². The van der Waals surface area contributed by atoms with Crippen LogP contribution < -0.4 is 4.74 Å². The van der Waals surface area contributed by atoms with Crippen LogP contribution in [-0.4, -0.2) is 44.1 Å². The summed E-state index contributed by atoms with van der Waals surface area (Å²) in [5.41, 5.74) is 5.91. The topological polar surface area (TPSA) is 83.5 Å². The fourth-order valence-electron chi connectivity index (χ4n) is 3.36. The first kappa shape index (κ1) is 19.1. The molecular weight excluding hydrogens is 390 g/mol. The molecule has 0 fully saturated rings. The van der Waals surface area contributed by atoms with E-state index in [1.165, 1.54) is 18.4 Å². The first-order valence-corrected chi connectivity index (χ1v) is 9.96. The zero-order chi connectivity index (χ0) is 20.7. The third kappa shape index (κ3) is 3.17. The standard InChI is InChI=1S/C20H21N5O3S/c1-6-28-20(26)17-18(27-5)22-19(29-17)13-7-8-25-15(9-13)14(10-21-25)16-11(2)23-24(4)12(16)3/h7-10H,6H2,1-5H3. The molecule has 0 radical (unpaired) electrons. The number of hydrogen-bond donors (Lipinski definition) is 0. The van der Waals surface area contributed by atoms with Crippen molar-refractivity contribution in [3.8, 4) is 27.6 Å². The second kappa shape index (κ2) is 7.32. The Hall–Kier alpha value is -3.20. The molecule has 4 rings (SSSR count). The molecule has 0 saturated carbocycles. The highest BCUT2D eigenvalue weighted by Crippen LogP contribution is 2.36. The van der Waals surface area contributed by atoms with Crippen molar-refractivity contribution in [3.05, 3.63) is 40.8 Å². The van der Waals surface area contributed by atoms with Gasteiger partial charge in [-0.05, 0) is 32.9 Å². The Balaban J connectivity index is 1.84. The molecule has 0 atom stereocenters. The molecule has 4 aromatic heterocycles. The Morgan fingerprint density at radius 3 is 2.76 bits per heavy atom. The molecule has 0 amide bonds. The smallest absolute Gasteiger partial charge is 0.354 e. The summed E-state index contributed by atoms with van der Waals surface area (Å²) in [5.74, 6) is -0.156. The average Bonchev–Trinajstić information content (AvgIpc) is 3.38. The Morgan fingerprint density at radius 1 is 1.31 bits per heavy atom. The van der Waals surface area contributed by atoms with E-state index in [1.807, 2.05) is 54.6 Å². The van der Waals surface area contributed by atoms with Gasteiger partial charge in [0.25, 0.3) is 0 Å². The molecule has 0 bridgehead atoms. The molecule has 0 saturated heterocycles. The van der Waals surface area contributed by atoms with Crippen LogP contribution in [0.5, 0.6) is 5.88 Å². The molecule has 0 aliphatic carbocycles. The molecule has 0 aromatic carbocycles. The summed E-state index contributed by atoms with van der Waals surface area (Å²) in [6, 6.07) is 3.93. The summed E-state index contributed by atoms with van der Waals surface area (Å²) in [6.07, 6.45) is 3.73. The summed E-state index contributed by atoms with van der Waals surface area (Å²) in [6.45, 7) is 6.10. The Morgan fingerprint density at radius 2 is 2.10 bits per heavy atom. The molecule has 4 heterocycles. The van der Waals surface area contributed by atoms with Crippen molar-refractivity contribution in [2.24, 2.45) is 7.05 Å². The monoisotopic (exact) mass is 411 g/mol. The summed E-state index contributed by atoms with van der Waals surface area (Å²) in [4.78, 5) is 17.0. The normalized spacial score (nSPS) is 11.2. The van der Waals surface area contributed by atoms with Gasteiger partial charge in [0.2, 0.25) is 5.88 Å². The van der Waals surface area contributed by atoms with Crippen LogP contribution in [-0.2, 0) is 11.8 Å². The van der Waals surface area contributed by atoms with Crippen molar-refractivity contribution in [3.63, 3.8) is 0 Å². The van der Waals surface area contributed by atoms with E-state index in [2.05, 4.69) is 15.2 Å². The van der Waals surface area contributed by atoms with Gasteiger partial charge in [-0.2, -0.15) is 10.2 Å². The molecule has 29 heavy (non-hydrogen) atoms.